The molecule has 1 aromatic heterocycles. The average Bonchev–Trinajstić information content (AvgIpc) is 2.87. The Morgan fingerprint density at radius 3 is 2.85 bits per heavy atom. The van der Waals surface area contributed by atoms with E-state index < -0.39 is 6.10 Å². The van der Waals surface area contributed by atoms with E-state index in [1.54, 1.807) is 7.05 Å². The molecule has 9 heteroatoms. The van der Waals surface area contributed by atoms with Gasteiger partial charge in [-0.2, -0.15) is 0 Å². The third kappa shape index (κ3) is 6.15. The summed E-state index contributed by atoms with van der Waals surface area (Å²) < 4.78 is 5.80. The van der Waals surface area contributed by atoms with Crippen molar-refractivity contribution in [3.05, 3.63) is 30.3 Å². The minimum Gasteiger partial charge on any atom is -0.491 e. The molecule has 0 spiro atoms. The predicted molar refractivity (Wildman–Crippen MR) is 133 cm³/mol. The molecular weight excluding hydrogens is 432 g/mol. The van der Waals surface area contributed by atoms with E-state index in [0.29, 0.717) is 37.3 Å². The molecule has 9 nitrogen and oxygen atoms in total. The lowest BCUT2D eigenvalue weighted by Crippen LogP contribution is -2.48. The Kier molecular flexibility index (Phi) is 8.18. The van der Waals surface area contributed by atoms with Crippen LogP contribution in [0.4, 0.5) is 11.6 Å². The summed E-state index contributed by atoms with van der Waals surface area (Å²) in [5.74, 6) is 2.88. The molecule has 1 aliphatic carbocycles. The minimum atomic E-state index is -0.589. The number of piperazine rings is 1. The van der Waals surface area contributed by atoms with E-state index in [1.807, 2.05) is 35.2 Å². The Morgan fingerprint density at radius 1 is 1.26 bits per heavy atom. The van der Waals surface area contributed by atoms with Crippen molar-refractivity contribution in [3.63, 3.8) is 0 Å². The third-order valence-corrected chi connectivity index (χ3v) is 6.52. The molecule has 0 radical (unpaired) electrons. The largest absolute Gasteiger partial charge is 0.491 e. The SMILES string of the molecule is CNCC(O)COc1cccc(-c2nc(N3CCNC(=O)C3)cc(N(C)C3CCCCC3)n2)c1. The van der Waals surface area contributed by atoms with Crippen molar-refractivity contribution in [2.75, 3.05) is 56.7 Å². The molecule has 1 unspecified atom stereocenters. The predicted octanol–water partition coefficient (Wildman–Crippen LogP) is 1.81. The summed E-state index contributed by atoms with van der Waals surface area (Å²) in [5, 5.41) is 15.8. The highest BCUT2D eigenvalue weighted by atomic mass is 16.5. The van der Waals surface area contributed by atoms with E-state index >= 15 is 0 Å². The van der Waals surface area contributed by atoms with Crippen LogP contribution in [0.25, 0.3) is 11.4 Å². The summed E-state index contributed by atoms with van der Waals surface area (Å²) in [6, 6.07) is 10.1. The number of carbonyl (C=O) groups is 1. The number of anilines is 2. The zero-order chi connectivity index (χ0) is 23.9. The minimum absolute atomic E-state index is 0.00382. The standard InChI is InChI=1S/C25H36N6O3/c1-26-15-20(32)17-34-21-10-6-7-18(13-21)25-28-22(30(2)19-8-4-3-5-9-19)14-23(29-25)31-12-11-27-24(33)16-31/h6-7,10,13-14,19-20,26,32H,3-5,8-9,11-12,15-17H2,1-2H3,(H,27,33). The van der Waals surface area contributed by atoms with Crippen molar-refractivity contribution >= 4 is 17.5 Å². The van der Waals surface area contributed by atoms with Crippen LogP contribution in [0.1, 0.15) is 32.1 Å². The monoisotopic (exact) mass is 468 g/mol. The summed E-state index contributed by atoms with van der Waals surface area (Å²) in [5.41, 5.74) is 0.835. The van der Waals surface area contributed by atoms with Crippen molar-refractivity contribution in [1.29, 1.82) is 0 Å². The van der Waals surface area contributed by atoms with E-state index in [9.17, 15) is 9.90 Å². The smallest absolute Gasteiger partial charge is 0.239 e. The number of aliphatic hydroxyl groups is 1. The maximum atomic E-state index is 12.0. The van der Waals surface area contributed by atoms with Crippen LogP contribution < -0.4 is 25.2 Å². The second-order valence-corrected chi connectivity index (χ2v) is 9.13. The van der Waals surface area contributed by atoms with E-state index in [0.717, 1.165) is 30.0 Å². The lowest BCUT2D eigenvalue weighted by Gasteiger charge is -2.33. The molecule has 2 fully saturated rings. The van der Waals surface area contributed by atoms with Crippen LogP contribution in [0.3, 0.4) is 0 Å². The molecule has 3 N–H and O–H groups in total. The van der Waals surface area contributed by atoms with E-state index in [2.05, 4.69) is 22.6 Å². The molecule has 1 amide bonds. The number of carbonyl (C=O) groups excluding carboxylic acids is 1. The first kappa shape index (κ1) is 24.2. The lowest BCUT2D eigenvalue weighted by atomic mass is 9.94. The third-order valence-electron chi connectivity index (χ3n) is 6.52. The fraction of sp³-hybridized carbons (Fsp3) is 0.560. The number of ether oxygens (including phenoxy) is 1. The summed E-state index contributed by atoms with van der Waals surface area (Å²) in [7, 11) is 3.90. The zero-order valence-corrected chi connectivity index (χ0v) is 20.2. The Labute approximate surface area is 201 Å². The first-order chi connectivity index (χ1) is 16.5. The number of aliphatic hydroxyl groups excluding tert-OH is 1. The maximum Gasteiger partial charge on any atom is 0.239 e. The molecule has 2 aromatic rings. The van der Waals surface area contributed by atoms with Crippen LogP contribution in [0.15, 0.2) is 30.3 Å². The molecule has 1 saturated carbocycles. The highest BCUT2D eigenvalue weighted by Crippen LogP contribution is 2.30. The fourth-order valence-electron chi connectivity index (χ4n) is 4.60. The van der Waals surface area contributed by atoms with Crippen molar-refractivity contribution < 1.29 is 14.6 Å². The molecule has 34 heavy (non-hydrogen) atoms. The molecule has 1 aromatic carbocycles. The first-order valence-electron chi connectivity index (χ1n) is 12.2. The van der Waals surface area contributed by atoms with Crippen LogP contribution in [0.2, 0.25) is 0 Å². The van der Waals surface area contributed by atoms with E-state index in [1.165, 1.54) is 19.3 Å². The number of nitrogens with zero attached hydrogens (tertiary/aromatic N) is 4. The van der Waals surface area contributed by atoms with E-state index in [4.69, 9.17) is 14.7 Å². The van der Waals surface area contributed by atoms with Gasteiger partial charge in [-0.05, 0) is 32.0 Å². The quantitative estimate of drug-likeness (QED) is 0.512. The Hall–Kier alpha value is -2.91. The lowest BCUT2D eigenvalue weighted by molar-refractivity contribution is -0.120. The fourth-order valence-corrected chi connectivity index (χ4v) is 4.60. The summed E-state index contributed by atoms with van der Waals surface area (Å²) in [6.07, 6.45) is 5.51. The zero-order valence-electron chi connectivity index (χ0n) is 20.2. The topological polar surface area (TPSA) is 103 Å². The number of benzene rings is 1. The molecule has 2 heterocycles. The van der Waals surface area contributed by atoms with Gasteiger partial charge in [0.1, 0.15) is 30.1 Å². The Bertz CT molecular complexity index is 965. The van der Waals surface area contributed by atoms with Gasteiger partial charge in [0.15, 0.2) is 5.82 Å². The van der Waals surface area contributed by atoms with Gasteiger partial charge in [-0.1, -0.05) is 31.4 Å². The number of amides is 1. The number of hydrogen-bond donors (Lipinski definition) is 3. The van der Waals surface area contributed by atoms with Gasteiger partial charge in [-0.25, -0.2) is 9.97 Å². The normalized spacial score (nSPS) is 17.9. The number of rotatable bonds is 9. The van der Waals surface area contributed by atoms with Gasteiger partial charge in [0.05, 0.1) is 6.54 Å². The maximum absolute atomic E-state index is 12.0. The van der Waals surface area contributed by atoms with Gasteiger partial charge >= 0.3 is 0 Å². The summed E-state index contributed by atoms with van der Waals surface area (Å²) in [6.45, 7) is 2.26. The molecule has 4 rings (SSSR count). The Balaban J connectivity index is 1.63. The van der Waals surface area contributed by atoms with Gasteiger partial charge in [-0.3, -0.25) is 4.79 Å². The van der Waals surface area contributed by atoms with Gasteiger partial charge in [-0.15, -0.1) is 0 Å². The second kappa shape index (κ2) is 11.5. The number of likely N-dealkylation sites (N-methyl/N-ethyl adjacent to an activating group) is 1. The molecular formula is C25H36N6O3. The van der Waals surface area contributed by atoms with Crippen molar-refractivity contribution in [2.24, 2.45) is 0 Å². The van der Waals surface area contributed by atoms with Crippen LogP contribution in [0, 0.1) is 0 Å². The molecule has 2 aliphatic rings. The second-order valence-electron chi connectivity index (χ2n) is 9.13. The number of nitrogens with one attached hydrogen (secondary N) is 2. The van der Waals surface area contributed by atoms with Crippen LogP contribution in [0.5, 0.6) is 5.75 Å². The molecule has 1 saturated heterocycles. The summed E-state index contributed by atoms with van der Waals surface area (Å²) in [4.78, 5) is 26.1. The molecule has 1 atom stereocenters. The highest BCUT2D eigenvalue weighted by Gasteiger charge is 2.24. The van der Waals surface area contributed by atoms with Crippen molar-refractivity contribution in [2.45, 2.75) is 44.2 Å². The van der Waals surface area contributed by atoms with Gasteiger partial charge in [0.25, 0.3) is 0 Å². The first-order valence-corrected chi connectivity index (χ1v) is 12.2. The Morgan fingerprint density at radius 2 is 2.09 bits per heavy atom. The van der Waals surface area contributed by atoms with Crippen molar-refractivity contribution in [1.82, 2.24) is 20.6 Å². The number of hydrogen-bond acceptors (Lipinski definition) is 8. The molecule has 184 valence electrons. The van der Waals surface area contributed by atoms with Crippen LogP contribution in [-0.2, 0) is 4.79 Å². The van der Waals surface area contributed by atoms with Gasteiger partial charge < -0.3 is 30.3 Å². The van der Waals surface area contributed by atoms with Gasteiger partial charge in [0.2, 0.25) is 5.91 Å². The van der Waals surface area contributed by atoms with Crippen molar-refractivity contribution in [3.8, 4) is 17.1 Å². The van der Waals surface area contributed by atoms with Crippen LogP contribution >= 0.6 is 0 Å². The summed E-state index contributed by atoms with van der Waals surface area (Å²) >= 11 is 0. The van der Waals surface area contributed by atoms with Crippen LogP contribution in [-0.4, -0.2) is 80.0 Å². The van der Waals surface area contributed by atoms with E-state index in [-0.39, 0.29) is 19.1 Å². The average molecular weight is 469 g/mol. The molecule has 1 aliphatic heterocycles. The molecule has 0 bridgehead atoms. The number of aromatic nitrogens is 2. The van der Waals surface area contributed by atoms with Gasteiger partial charge in [0, 0.05) is 44.4 Å². The highest BCUT2D eigenvalue weighted by molar-refractivity contribution is 5.82.